The molecule has 0 spiro atoms. The Bertz CT molecular complexity index is 466. The first kappa shape index (κ1) is 12.4. The second-order valence-corrected chi connectivity index (χ2v) is 4.30. The van der Waals surface area contributed by atoms with Gasteiger partial charge < -0.3 is 9.15 Å². The monoisotopic (exact) mass is 246 g/mol. The Kier molecular flexibility index (Phi) is 3.83. The average molecular weight is 246 g/mol. The van der Waals surface area contributed by atoms with Crippen molar-refractivity contribution in [1.29, 1.82) is 0 Å². The molecular formula is C14H14O4. The maximum atomic E-state index is 11.9. The van der Waals surface area contributed by atoms with Crippen molar-refractivity contribution in [3.05, 3.63) is 24.2 Å². The molecule has 1 aliphatic carbocycles. The van der Waals surface area contributed by atoms with Crippen molar-refractivity contribution in [1.82, 2.24) is 0 Å². The van der Waals surface area contributed by atoms with Crippen molar-refractivity contribution < 1.29 is 18.7 Å². The van der Waals surface area contributed by atoms with Gasteiger partial charge in [-0.1, -0.05) is 12.3 Å². The first-order chi connectivity index (χ1) is 8.72. The number of rotatable bonds is 3. The van der Waals surface area contributed by atoms with Gasteiger partial charge in [0.2, 0.25) is 0 Å². The Morgan fingerprint density at radius 2 is 2.39 bits per heavy atom. The van der Waals surface area contributed by atoms with Crippen molar-refractivity contribution in [2.75, 3.05) is 0 Å². The first-order valence-corrected chi connectivity index (χ1v) is 5.94. The number of carbonyl (C=O) groups excluding carboxylic acids is 2. The zero-order valence-electron chi connectivity index (χ0n) is 9.93. The minimum absolute atomic E-state index is 0.0470. The predicted octanol–water partition coefficient (Wildman–Crippen LogP) is 2.26. The lowest BCUT2D eigenvalue weighted by molar-refractivity contribution is -0.156. The van der Waals surface area contributed by atoms with E-state index in [0.717, 1.165) is 12.8 Å². The average Bonchev–Trinajstić information content (AvgIpc) is 2.90. The molecule has 1 aromatic rings. The van der Waals surface area contributed by atoms with E-state index in [1.165, 1.54) is 12.5 Å². The van der Waals surface area contributed by atoms with Gasteiger partial charge in [0.1, 0.15) is 11.7 Å². The van der Waals surface area contributed by atoms with Crippen molar-refractivity contribution in [2.45, 2.75) is 31.8 Å². The van der Waals surface area contributed by atoms with Crippen molar-refractivity contribution in [3.8, 4) is 12.3 Å². The molecule has 0 aliphatic heterocycles. The van der Waals surface area contributed by atoms with Crippen LogP contribution in [0.15, 0.2) is 23.0 Å². The molecule has 2 atom stereocenters. The van der Waals surface area contributed by atoms with E-state index in [0.29, 0.717) is 18.4 Å². The van der Waals surface area contributed by atoms with Gasteiger partial charge >= 0.3 is 5.97 Å². The van der Waals surface area contributed by atoms with Crippen LogP contribution in [0, 0.1) is 18.3 Å². The van der Waals surface area contributed by atoms with Crippen LogP contribution in [0.3, 0.4) is 0 Å². The van der Waals surface area contributed by atoms with Crippen LogP contribution in [-0.4, -0.2) is 11.8 Å². The predicted molar refractivity (Wildman–Crippen MR) is 63.3 cm³/mol. The van der Waals surface area contributed by atoms with Crippen LogP contribution in [0.4, 0.5) is 0 Å². The van der Waals surface area contributed by atoms with Gasteiger partial charge in [-0.3, -0.25) is 9.59 Å². The van der Waals surface area contributed by atoms with Crippen LogP contribution < -0.4 is 0 Å². The van der Waals surface area contributed by atoms with Crippen LogP contribution in [0.5, 0.6) is 0 Å². The van der Waals surface area contributed by atoms with Crippen LogP contribution >= 0.6 is 0 Å². The Balaban J connectivity index is 2.02. The maximum absolute atomic E-state index is 11.9. The molecule has 4 heteroatoms. The molecular weight excluding hydrogens is 232 g/mol. The second-order valence-electron chi connectivity index (χ2n) is 4.30. The lowest BCUT2D eigenvalue weighted by atomic mass is 9.88. The van der Waals surface area contributed by atoms with Crippen LogP contribution in [0.1, 0.15) is 37.4 Å². The fraction of sp³-hybridized carbons (Fsp3) is 0.429. The third-order valence-electron chi connectivity index (χ3n) is 3.07. The van der Waals surface area contributed by atoms with Gasteiger partial charge in [0.05, 0.1) is 12.5 Å². The highest BCUT2D eigenvalue weighted by Gasteiger charge is 2.31. The van der Waals surface area contributed by atoms with E-state index in [1.54, 1.807) is 6.07 Å². The van der Waals surface area contributed by atoms with E-state index in [9.17, 15) is 9.59 Å². The largest absolute Gasteiger partial charge is 0.472 e. The molecule has 0 aromatic carbocycles. The van der Waals surface area contributed by atoms with E-state index < -0.39 is 18.0 Å². The van der Waals surface area contributed by atoms with Crippen LogP contribution in [0.2, 0.25) is 0 Å². The molecule has 1 aliphatic rings. The standard InChI is InChI=1S/C14H14O4/c1-2-13(10-7-8-17-9-10)18-14(16)11-5-3-4-6-12(11)15/h1,7-9,11,13H,3-6H2. The number of furan rings is 1. The molecule has 1 fully saturated rings. The van der Waals surface area contributed by atoms with Gasteiger partial charge in [0.15, 0.2) is 6.10 Å². The molecule has 1 saturated carbocycles. The smallest absolute Gasteiger partial charge is 0.318 e. The molecule has 2 rings (SSSR count). The highest BCUT2D eigenvalue weighted by Crippen LogP contribution is 2.25. The zero-order valence-corrected chi connectivity index (χ0v) is 9.93. The van der Waals surface area contributed by atoms with Crippen molar-refractivity contribution >= 4 is 11.8 Å². The summed E-state index contributed by atoms with van der Waals surface area (Å²) in [5.74, 6) is 1.15. The molecule has 0 saturated heterocycles. The zero-order chi connectivity index (χ0) is 13.0. The number of Topliss-reactive ketones (excluding diaryl/α,β-unsaturated/α-hetero) is 1. The number of ketones is 1. The maximum Gasteiger partial charge on any atom is 0.318 e. The fourth-order valence-electron chi connectivity index (χ4n) is 2.05. The van der Waals surface area contributed by atoms with E-state index in [4.69, 9.17) is 15.6 Å². The number of hydrogen-bond donors (Lipinski definition) is 0. The van der Waals surface area contributed by atoms with E-state index in [1.807, 2.05) is 0 Å². The summed E-state index contributed by atoms with van der Waals surface area (Å²) in [5, 5.41) is 0. The number of terminal acetylenes is 1. The van der Waals surface area contributed by atoms with Gasteiger partial charge in [-0.25, -0.2) is 0 Å². The third-order valence-corrected chi connectivity index (χ3v) is 3.07. The quantitative estimate of drug-likeness (QED) is 0.466. The Morgan fingerprint density at radius 1 is 1.56 bits per heavy atom. The van der Waals surface area contributed by atoms with Crippen molar-refractivity contribution in [3.63, 3.8) is 0 Å². The number of esters is 1. The summed E-state index contributed by atoms with van der Waals surface area (Å²) in [6, 6.07) is 1.64. The summed E-state index contributed by atoms with van der Waals surface area (Å²) < 4.78 is 10.1. The number of hydrogen-bond acceptors (Lipinski definition) is 4. The third kappa shape index (κ3) is 2.62. The van der Waals surface area contributed by atoms with Gasteiger partial charge in [-0.05, 0) is 18.9 Å². The van der Waals surface area contributed by atoms with Gasteiger partial charge in [-0.2, -0.15) is 0 Å². The minimum Gasteiger partial charge on any atom is -0.472 e. The Labute approximate surface area is 105 Å². The molecule has 0 amide bonds. The fourth-order valence-corrected chi connectivity index (χ4v) is 2.05. The summed E-state index contributed by atoms with van der Waals surface area (Å²) in [6.45, 7) is 0. The lowest BCUT2D eigenvalue weighted by Crippen LogP contribution is -2.29. The van der Waals surface area contributed by atoms with Gasteiger partial charge in [0.25, 0.3) is 0 Å². The van der Waals surface area contributed by atoms with Gasteiger partial charge in [-0.15, -0.1) is 6.42 Å². The van der Waals surface area contributed by atoms with Gasteiger partial charge in [0, 0.05) is 12.0 Å². The van der Waals surface area contributed by atoms with Crippen LogP contribution in [-0.2, 0) is 14.3 Å². The highest BCUT2D eigenvalue weighted by molar-refractivity contribution is 5.99. The molecule has 4 nitrogen and oxygen atoms in total. The molecule has 2 unspecified atom stereocenters. The topological polar surface area (TPSA) is 56.5 Å². The Hall–Kier alpha value is -2.02. The van der Waals surface area contributed by atoms with Crippen molar-refractivity contribution in [2.24, 2.45) is 5.92 Å². The second kappa shape index (κ2) is 5.54. The summed E-state index contributed by atoms with van der Waals surface area (Å²) in [4.78, 5) is 23.5. The molecule has 0 radical (unpaired) electrons. The molecule has 1 heterocycles. The number of ether oxygens (including phenoxy) is 1. The normalized spacial score (nSPS) is 21.1. The molecule has 94 valence electrons. The summed E-state index contributed by atoms with van der Waals surface area (Å²) in [7, 11) is 0. The summed E-state index contributed by atoms with van der Waals surface area (Å²) >= 11 is 0. The molecule has 1 aromatic heterocycles. The minimum atomic E-state index is -0.786. The lowest BCUT2D eigenvalue weighted by Gasteiger charge is -2.20. The SMILES string of the molecule is C#CC(OC(=O)C1CCCCC1=O)c1ccoc1. The van der Waals surface area contributed by atoms with E-state index in [2.05, 4.69) is 5.92 Å². The van der Waals surface area contributed by atoms with E-state index in [-0.39, 0.29) is 5.78 Å². The van der Waals surface area contributed by atoms with E-state index >= 15 is 0 Å². The molecule has 0 bridgehead atoms. The number of carbonyl (C=O) groups is 2. The highest BCUT2D eigenvalue weighted by atomic mass is 16.5. The molecule has 18 heavy (non-hydrogen) atoms. The Morgan fingerprint density at radius 3 is 3.00 bits per heavy atom. The molecule has 0 N–H and O–H groups in total. The summed E-state index contributed by atoms with van der Waals surface area (Å²) in [6.07, 6.45) is 10.2. The summed E-state index contributed by atoms with van der Waals surface area (Å²) in [5.41, 5.74) is 0.606. The first-order valence-electron chi connectivity index (χ1n) is 5.94. The van der Waals surface area contributed by atoms with Crippen LogP contribution in [0.25, 0.3) is 0 Å².